The van der Waals surface area contributed by atoms with Crippen LogP contribution in [0, 0.1) is 11.8 Å². The molecule has 6 nitrogen and oxygen atoms in total. The third-order valence-electron chi connectivity index (χ3n) is 5.55. The van der Waals surface area contributed by atoms with Gasteiger partial charge in [0.05, 0.1) is 5.92 Å². The minimum atomic E-state index is -0.734. The second-order valence-corrected chi connectivity index (χ2v) is 7.04. The van der Waals surface area contributed by atoms with Gasteiger partial charge in [0.15, 0.2) is 0 Å². The average molecular weight is 345 g/mol. The maximum absolute atomic E-state index is 12.7. The summed E-state index contributed by atoms with van der Waals surface area (Å²) in [5.74, 6) is 0.301. The molecule has 2 aliphatic rings. The summed E-state index contributed by atoms with van der Waals surface area (Å²) in [6.07, 6.45) is 5.63. The van der Waals surface area contributed by atoms with Crippen LogP contribution >= 0.6 is 0 Å². The fraction of sp³-hybridized carbons (Fsp3) is 0.632. The van der Waals surface area contributed by atoms with Crippen LogP contribution in [0.3, 0.4) is 0 Å². The number of anilines is 1. The lowest BCUT2D eigenvalue weighted by Crippen LogP contribution is -2.46. The number of carboxylic acid groups (broad SMARTS) is 1. The summed E-state index contributed by atoms with van der Waals surface area (Å²) in [5.41, 5.74) is 1.25. The fourth-order valence-corrected chi connectivity index (χ4v) is 3.93. The number of likely N-dealkylation sites (tertiary alicyclic amines) is 1. The predicted molar refractivity (Wildman–Crippen MR) is 95.5 cm³/mol. The summed E-state index contributed by atoms with van der Waals surface area (Å²) in [5, 5.41) is 9.08. The highest BCUT2D eigenvalue weighted by Crippen LogP contribution is 2.27. The number of hydrogen-bond donors (Lipinski definition) is 1. The average Bonchev–Trinajstić information content (AvgIpc) is 2.67. The maximum atomic E-state index is 12.7. The quantitative estimate of drug-likeness (QED) is 0.905. The zero-order valence-electron chi connectivity index (χ0n) is 14.9. The Hall–Kier alpha value is -2.11. The molecule has 0 atom stereocenters. The number of hydrogen-bond acceptors (Lipinski definition) is 4. The highest BCUT2D eigenvalue weighted by Gasteiger charge is 2.32. The fourth-order valence-electron chi connectivity index (χ4n) is 3.93. The van der Waals surface area contributed by atoms with Gasteiger partial charge in [-0.1, -0.05) is 13.0 Å². The van der Waals surface area contributed by atoms with Crippen molar-refractivity contribution >= 4 is 17.7 Å². The highest BCUT2D eigenvalue weighted by molar-refractivity contribution is 5.79. The molecule has 136 valence electrons. The molecule has 1 aromatic rings. The Labute approximate surface area is 148 Å². The van der Waals surface area contributed by atoms with Crippen molar-refractivity contribution in [1.29, 1.82) is 0 Å². The van der Waals surface area contributed by atoms with E-state index in [1.807, 2.05) is 17.2 Å². The van der Waals surface area contributed by atoms with E-state index in [4.69, 9.17) is 5.11 Å². The van der Waals surface area contributed by atoms with Crippen molar-refractivity contribution in [1.82, 2.24) is 9.88 Å². The largest absolute Gasteiger partial charge is 0.481 e. The molecule has 0 aromatic carbocycles. The highest BCUT2D eigenvalue weighted by atomic mass is 16.4. The number of rotatable bonds is 4. The molecule has 25 heavy (non-hydrogen) atoms. The number of carbonyl (C=O) groups excluding carboxylic acids is 1. The van der Waals surface area contributed by atoms with E-state index in [2.05, 4.69) is 22.9 Å². The first-order valence-electron chi connectivity index (χ1n) is 9.30. The molecule has 0 saturated carbocycles. The molecule has 2 fully saturated rings. The van der Waals surface area contributed by atoms with E-state index < -0.39 is 5.97 Å². The Morgan fingerprint density at radius 3 is 2.36 bits per heavy atom. The number of pyridine rings is 1. The van der Waals surface area contributed by atoms with Crippen molar-refractivity contribution in [3.63, 3.8) is 0 Å². The lowest BCUT2D eigenvalue weighted by molar-refractivity contribution is -0.147. The van der Waals surface area contributed by atoms with Crippen LogP contribution in [0.5, 0.6) is 0 Å². The number of amides is 1. The zero-order valence-corrected chi connectivity index (χ0v) is 14.9. The van der Waals surface area contributed by atoms with Crippen LogP contribution in [-0.4, -0.2) is 53.0 Å². The zero-order chi connectivity index (χ0) is 17.8. The monoisotopic (exact) mass is 345 g/mol. The molecule has 3 rings (SSSR count). The molecule has 0 aliphatic carbocycles. The van der Waals surface area contributed by atoms with Crippen LogP contribution in [-0.2, 0) is 16.0 Å². The second-order valence-electron chi connectivity index (χ2n) is 7.04. The number of carbonyl (C=O) groups is 2. The smallest absolute Gasteiger partial charge is 0.306 e. The van der Waals surface area contributed by atoms with Crippen LogP contribution in [0.4, 0.5) is 5.82 Å². The first kappa shape index (κ1) is 17.7. The summed E-state index contributed by atoms with van der Waals surface area (Å²) in [4.78, 5) is 32.5. The predicted octanol–water partition coefficient (Wildman–Crippen LogP) is 2.18. The van der Waals surface area contributed by atoms with E-state index >= 15 is 0 Å². The maximum Gasteiger partial charge on any atom is 0.306 e. The molecule has 1 aromatic heterocycles. The summed E-state index contributed by atoms with van der Waals surface area (Å²) in [6.45, 7) is 5.00. The summed E-state index contributed by atoms with van der Waals surface area (Å²) in [7, 11) is 0. The summed E-state index contributed by atoms with van der Waals surface area (Å²) < 4.78 is 0. The van der Waals surface area contributed by atoms with Gasteiger partial charge in [-0.3, -0.25) is 9.59 Å². The third kappa shape index (κ3) is 3.94. The number of piperidine rings is 2. The van der Waals surface area contributed by atoms with Gasteiger partial charge in [0.25, 0.3) is 0 Å². The van der Waals surface area contributed by atoms with Crippen LogP contribution in [0.25, 0.3) is 0 Å². The molecule has 3 heterocycles. The van der Waals surface area contributed by atoms with E-state index in [-0.39, 0.29) is 17.7 Å². The number of aromatic nitrogens is 1. The number of carboxylic acids is 1. The van der Waals surface area contributed by atoms with Gasteiger partial charge in [-0.2, -0.15) is 0 Å². The lowest BCUT2D eigenvalue weighted by atomic mass is 9.92. The van der Waals surface area contributed by atoms with Gasteiger partial charge in [0.1, 0.15) is 5.82 Å². The van der Waals surface area contributed by atoms with E-state index in [9.17, 15) is 9.59 Å². The van der Waals surface area contributed by atoms with Crippen molar-refractivity contribution in [2.75, 3.05) is 31.1 Å². The van der Waals surface area contributed by atoms with Gasteiger partial charge < -0.3 is 14.9 Å². The van der Waals surface area contributed by atoms with E-state index in [0.717, 1.165) is 38.2 Å². The molecule has 6 heteroatoms. The Bertz CT molecular complexity index is 618. The van der Waals surface area contributed by atoms with Gasteiger partial charge >= 0.3 is 5.97 Å². The summed E-state index contributed by atoms with van der Waals surface area (Å²) in [6, 6.07) is 4.09. The standard InChI is InChI=1S/C19H27N3O3/c1-2-14-4-3-9-20-17(14)21-10-5-15(6-11-21)18(23)22-12-7-16(8-13-22)19(24)25/h3-4,9,15-16H,2,5-8,10-13H2,1H3,(H,24,25). The molecular formula is C19H27N3O3. The minimum Gasteiger partial charge on any atom is -0.481 e. The van der Waals surface area contributed by atoms with Crippen molar-refractivity contribution in [3.8, 4) is 0 Å². The Morgan fingerprint density at radius 2 is 1.76 bits per heavy atom. The van der Waals surface area contributed by atoms with Gasteiger partial charge in [-0.05, 0) is 43.7 Å². The molecule has 0 unspecified atom stereocenters. The van der Waals surface area contributed by atoms with E-state index in [1.165, 1.54) is 5.56 Å². The normalized spacial score (nSPS) is 19.9. The van der Waals surface area contributed by atoms with Crippen LogP contribution < -0.4 is 4.90 Å². The van der Waals surface area contributed by atoms with Crippen LogP contribution in [0.15, 0.2) is 18.3 Å². The topological polar surface area (TPSA) is 73.7 Å². The summed E-state index contributed by atoms with van der Waals surface area (Å²) >= 11 is 0. The van der Waals surface area contributed by atoms with Gasteiger partial charge in [0.2, 0.25) is 5.91 Å². The van der Waals surface area contributed by atoms with Crippen LogP contribution in [0.1, 0.15) is 38.2 Å². The van der Waals surface area contributed by atoms with Crippen molar-refractivity contribution in [2.24, 2.45) is 11.8 Å². The SMILES string of the molecule is CCc1cccnc1N1CCC(C(=O)N2CCC(C(=O)O)CC2)CC1. The number of aliphatic carboxylic acids is 1. The first-order valence-corrected chi connectivity index (χ1v) is 9.30. The van der Waals surface area contributed by atoms with E-state index in [1.54, 1.807) is 0 Å². The van der Waals surface area contributed by atoms with Gasteiger partial charge in [-0.15, -0.1) is 0 Å². The molecule has 2 saturated heterocycles. The molecule has 0 spiro atoms. The Kier molecular flexibility index (Phi) is 5.56. The van der Waals surface area contributed by atoms with Crippen molar-refractivity contribution in [2.45, 2.75) is 39.0 Å². The molecule has 1 N–H and O–H groups in total. The van der Waals surface area contributed by atoms with Gasteiger partial charge in [-0.25, -0.2) is 4.98 Å². The number of aryl methyl sites for hydroxylation is 1. The van der Waals surface area contributed by atoms with Gasteiger partial charge in [0, 0.05) is 38.3 Å². The van der Waals surface area contributed by atoms with Crippen molar-refractivity contribution < 1.29 is 14.7 Å². The molecule has 0 bridgehead atoms. The Balaban J connectivity index is 1.54. The Morgan fingerprint density at radius 1 is 1.12 bits per heavy atom. The van der Waals surface area contributed by atoms with Crippen LogP contribution in [0.2, 0.25) is 0 Å². The number of nitrogens with zero attached hydrogens (tertiary/aromatic N) is 3. The molecular weight excluding hydrogens is 318 g/mol. The molecule has 2 aliphatic heterocycles. The first-order chi connectivity index (χ1) is 12.1. The van der Waals surface area contributed by atoms with Crippen molar-refractivity contribution in [3.05, 3.63) is 23.9 Å². The minimum absolute atomic E-state index is 0.0615. The third-order valence-corrected chi connectivity index (χ3v) is 5.55. The lowest BCUT2D eigenvalue weighted by Gasteiger charge is -2.37. The molecule has 1 amide bonds. The molecule has 0 radical (unpaired) electrons. The second kappa shape index (κ2) is 7.85. The van der Waals surface area contributed by atoms with E-state index in [0.29, 0.717) is 25.9 Å².